The second kappa shape index (κ2) is 9.09. The first-order valence-corrected chi connectivity index (χ1v) is 10.4. The zero-order valence-corrected chi connectivity index (χ0v) is 17.9. The summed E-state index contributed by atoms with van der Waals surface area (Å²) in [5.74, 6) is -2.54. The molecule has 2 heterocycles. The summed E-state index contributed by atoms with van der Waals surface area (Å²) in [6, 6.07) is 15.8. The molecule has 12 nitrogen and oxygen atoms in total. The molecule has 0 radical (unpaired) electrons. The van der Waals surface area contributed by atoms with Crippen LogP contribution >= 0.6 is 0 Å². The lowest BCUT2D eigenvalue weighted by molar-refractivity contribution is 0.0687. The molecule has 0 unspecified atom stereocenters. The number of rotatable bonds is 7. The first-order chi connectivity index (χ1) is 17.0. The van der Waals surface area contributed by atoms with Gasteiger partial charge < -0.3 is 19.6 Å². The van der Waals surface area contributed by atoms with E-state index >= 15 is 0 Å². The van der Waals surface area contributed by atoms with Crippen LogP contribution in [0, 0.1) is 0 Å². The first-order valence-electron chi connectivity index (χ1n) is 10.4. The van der Waals surface area contributed by atoms with Crippen molar-refractivity contribution in [2.45, 2.75) is 12.5 Å². The van der Waals surface area contributed by atoms with Gasteiger partial charge >= 0.3 is 12.1 Å². The van der Waals surface area contributed by atoms with E-state index in [1.165, 1.54) is 0 Å². The normalized spacial score (nSPS) is 12.0. The van der Waals surface area contributed by atoms with E-state index in [0.29, 0.717) is 0 Å². The predicted molar refractivity (Wildman–Crippen MR) is 118 cm³/mol. The van der Waals surface area contributed by atoms with Crippen molar-refractivity contribution in [3.63, 3.8) is 0 Å². The molecule has 2 aromatic heterocycles. The van der Waals surface area contributed by atoms with E-state index in [2.05, 4.69) is 30.6 Å². The number of amides is 2. The van der Waals surface area contributed by atoms with Crippen LogP contribution in [0.25, 0.3) is 11.1 Å². The third-order valence-electron chi connectivity index (χ3n) is 5.52. The highest BCUT2D eigenvalue weighted by Crippen LogP contribution is 2.44. The van der Waals surface area contributed by atoms with Crippen molar-refractivity contribution < 1.29 is 33.3 Å². The van der Waals surface area contributed by atoms with Crippen molar-refractivity contribution in [1.29, 1.82) is 0 Å². The van der Waals surface area contributed by atoms with Crippen LogP contribution in [0.1, 0.15) is 43.8 Å². The number of ether oxygens (including phenoxy) is 1. The van der Waals surface area contributed by atoms with Crippen LogP contribution in [0.5, 0.6) is 0 Å². The van der Waals surface area contributed by atoms with E-state index in [0.717, 1.165) is 28.6 Å². The molecule has 1 aliphatic carbocycles. The molecule has 5 rings (SSSR count). The third-order valence-corrected chi connectivity index (χ3v) is 5.52. The number of aromatic nitrogens is 3. The van der Waals surface area contributed by atoms with E-state index in [4.69, 9.17) is 14.3 Å². The number of benzene rings is 2. The zero-order valence-electron chi connectivity index (χ0n) is 17.9. The van der Waals surface area contributed by atoms with Crippen molar-refractivity contribution in [1.82, 2.24) is 20.6 Å². The maximum atomic E-state index is 12.5. The van der Waals surface area contributed by atoms with Gasteiger partial charge in [0.15, 0.2) is 17.8 Å². The van der Waals surface area contributed by atoms with Crippen LogP contribution in [0.15, 0.2) is 64.0 Å². The average molecular weight is 475 g/mol. The Morgan fingerprint density at radius 1 is 0.971 bits per heavy atom. The van der Waals surface area contributed by atoms with Gasteiger partial charge in [-0.3, -0.25) is 10.1 Å². The van der Waals surface area contributed by atoms with Gasteiger partial charge in [0, 0.05) is 5.92 Å². The van der Waals surface area contributed by atoms with Gasteiger partial charge in [-0.05, 0) is 32.6 Å². The van der Waals surface area contributed by atoms with E-state index in [-0.39, 0.29) is 42.0 Å². The van der Waals surface area contributed by atoms with Crippen LogP contribution in [-0.4, -0.2) is 45.0 Å². The molecule has 0 saturated heterocycles. The van der Waals surface area contributed by atoms with Gasteiger partial charge in [0.25, 0.3) is 5.91 Å². The summed E-state index contributed by atoms with van der Waals surface area (Å²) in [6.45, 7) is -0.214. The van der Waals surface area contributed by atoms with Gasteiger partial charge in [-0.2, -0.15) is 0 Å². The zero-order chi connectivity index (χ0) is 24.4. The van der Waals surface area contributed by atoms with Gasteiger partial charge in [-0.1, -0.05) is 48.5 Å². The minimum absolute atomic E-state index is 0.0617. The number of nitrogens with one attached hydrogen (secondary N) is 2. The van der Waals surface area contributed by atoms with Crippen molar-refractivity contribution in [2.75, 3.05) is 11.9 Å². The molecule has 1 aliphatic rings. The highest BCUT2D eigenvalue weighted by atomic mass is 16.6. The van der Waals surface area contributed by atoms with E-state index in [9.17, 15) is 14.4 Å². The Balaban J connectivity index is 1.22. The average Bonchev–Trinajstić information content (AvgIpc) is 3.59. The molecule has 0 bridgehead atoms. The largest absolute Gasteiger partial charge is 0.476 e. The van der Waals surface area contributed by atoms with Crippen LogP contribution in [-0.2, 0) is 11.3 Å². The Labute approximate surface area is 196 Å². The fourth-order valence-corrected chi connectivity index (χ4v) is 3.97. The molecule has 0 fully saturated rings. The standard InChI is InChI=1S/C23H17N5O7/c29-21(24-9-17-18(22(30)31)25-11-34-17)19-20(28-35-27-19)26-23(32)33-10-16-14-7-3-1-5-12(14)13-6-2-4-8-15(13)16/h1-8,11,16H,9-10H2,(H,24,29)(H,30,31)(H,26,28,32). The summed E-state index contributed by atoms with van der Waals surface area (Å²) in [5, 5.41) is 20.8. The summed E-state index contributed by atoms with van der Waals surface area (Å²) >= 11 is 0. The number of carbonyl (C=O) groups excluding carboxylic acids is 2. The number of oxazole rings is 1. The number of aromatic carboxylic acids is 1. The summed E-state index contributed by atoms with van der Waals surface area (Å²) in [7, 11) is 0. The Hall–Kier alpha value is -5.00. The van der Waals surface area contributed by atoms with Crippen LogP contribution in [0.3, 0.4) is 0 Å². The van der Waals surface area contributed by atoms with Gasteiger partial charge in [0.05, 0.1) is 6.54 Å². The van der Waals surface area contributed by atoms with E-state index in [1.807, 2.05) is 48.5 Å². The van der Waals surface area contributed by atoms with Crippen molar-refractivity contribution >= 4 is 23.8 Å². The number of nitrogens with zero attached hydrogens (tertiary/aromatic N) is 3. The number of carbonyl (C=O) groups is 3. The molecule has 4 aromatic rings. The minimum Gasteiger partial charge on any atom is -0.476 e. The Morgan fingerprint density at radius 3 is 2.34 bits per heavy atom. The molecular weight excluding hydrogens is 458 g/mol. The number of anilines is 1. The minimum atomic E-state index is -1.30. The van der Waals surface area contributed by atoms with Crippen LogP contribution in [0.2, 0.25) is 0 Å². The quantitative estimate of drug-likeness (QED) is 0.361. The fourth-order valence-electron chi connectivity index (χ4n) is 3.97. The van der Waals surface area contributed by atoms with Crippen molar-refractivity contribution in [3.05, 3.63) is 83.2 Å². The molecule has 2 amide bonds. The molecule has 176 valence electrons. The maximum Gasteiger partial charge on any atom is 0.412 e. The van der Waals surface area contributed by atoms with Crippen LogP contribution in [0.4, 0.5) is 10.6 Å². The monoisotopic (exact) mass is 475 g/mol. The second-order valence-corrected chi connectivity index (χ2v) is 7.52. The predicted octanol–water partition coefficient (Wildman–Crippen LogP) is 3.05. The Morgan fingerprint density at radius 2 is 1.66 bits per heavy atom. The third kappa shape index (κ3) is 4.19. The topological polar surface area (TPSA) is 170 Å². The lowest BCUT2D eigenvalue weighted by Gasteiger charge is -2.14. The number of carboxylic acids is 1. The van der Waals surface area contributed by atoms with Gasteiger partial charge in [-0.15, -0.1) is 0 Å². The van der Waals surface area contributed by atoms with Gasteiger partial charge in [0.2, 0.25) is 11.5 Å². The number of hydrogen-bond donors (Lipinski definition) is 3. The molecular formula is C23H17N5O7. The van der Waals surface area contributed by atoms with Gasteiger partial charge in [-0.25, -0.2) is 19.2 Å². The summed E-state index contributed by atoms with van der Waals surface area (Å²) in [4.78, 5) is 39.6. The smallest absolute Gasteiger partial charge is 0.412 e. The molecule has 0 spiro atoms. The lowest BCUT2D eigenvalue weighted by atomic mass is 9.98. The number of carboxylic acid groups (broad SMARTS) is 1. The van der Waals surface area contributed by atoms with E-state index in [1.54, 1.807) is 0 Å². The van der Waals surface area contributed by atoms with Crippen LogP contribution < -0.4 is 10.6 Å². The number of fused-ring (bicyclic) bond motifs is 3. The Bertz CT molecular complexity index is 1380. The number of hydrogen-bond acceptors (Lipinski definition) is 9. The molecule has 3 N–H and O–H groups in total. The highest BCUT2D eigenvalue weighted by molar-refractivity contribution is 5.99. The molecule has 12 heteroatoms. The summed E-state index contributed by atoms with van der Waals surface area (Å²) < 4.78 is 15.0. The molecule has 0 atom stereocenters. The molecule has 0 aliphatic heterocycles. The van der Waals surface area contributed by atoms with Gasteiger partial charge in [0.1, 0.15) is 6.61 Å². The van der Waals surface area contributed by atoms with Crippen molar-refractivity contribution in [2.24, 2.45) is 0 Å². The maximum absolute atomic E-state index is 12.5. The summed E-state index contributed by atoms with van der Waals surface area (Å²) in [6.07, 6.45) is 0.104. The molecule has 35 heavy (non-hydrogen) atoms. The van der Waals surface area contributed by atoms with Crippen molar-refractivity contribution in [3.8, 4) is 11.1 Å². The highest BCUT2D eigenvalue weighted by Gasteiger charge is 2.29. The fraction of sp³-hybridized carbons (Fsp3) is 0.130. The molecule has 2 aromatic carbocycles. The van der Waals surface area contributed by atoms with E-state index < -0.39 is 18.0 Å². The first kappa shape index (κ1) is 21.8. The Kier molecular flexibility index (Phi) is 5.67. The lowest BCUT2D eigenvalue weighted by Crippen LogP contribution is -2.26. The molecule has 0 saturated carbocycles. The summed E-state index contributed by atoms with van der Waals surface area (Å²) in [5.41, 5.74) is 3.63. The second-order valence-electron chi connectivity index (χ2n) is 7.52. The SMILES string of the molecule is O=C(Nc1nonc1C(=O)NCc1ocnc1C(=O)O)OCC1c2ccccc2-c2ccccc21.